The van der Waals surface area contributed by atoms with Crippen molar-refractivity contribution in [3.05, 3.63) is 78.0 Å². The first-order valence-corrected chi connectivity index (χ1v) is 6.44. The van der Waals surface area contributed by atoms with Gasteiger partial charge in [-0.15, -0.1) is 0 Å². The summed E-state index contributed by atoms with van der Waals surface area (Å²) in [5, 5.41) is 10.0. The number of aromatic nitrogens is 1. The zero-order valence-corrected chi connectivity index (χ0v) is 10.9. The van der Waals surface area contributed by atoms with E-state index in [9.17, 15) is 9.90 Å². The average Bonchev–Trinajstić information content (AvgIpc) is 2.48. The second-order valence-electron chi connectivity index (χ2n) is 4.67. The average molecular weight is 264 g/mol. The maximum atomic E-state index is 11.3. The van der Waals surface area contributed by atoms with Crippen molar-refractivity contribution in [2.45, 2.75) is 6.54 Å². The molecule has 0 aliphatic rings. The van der Waals surface area contributed by atoms with Crippen LogP contribution < -0.4 is 4.57 Å². The Morgan fingerprint density at radius 3 is 2.50 bits per heavy atom. The van der Waals surface area contributed by atoms with Crippen molar-refractivity contribution in [3.63, 3.8) is 0 Å². The van der Waals surface area contributed by atoms with Crippen molar-refractivity contribution in [1.82, 2.24) is 0 Å². The van der Waals surface area contributed by atoms with Gasteiger partial charge in [0.15, 0.2) is 12.7 Å². The highest BCUT2D eigenvalue weighted by Gasteiger charge is 2.14. The van der Waals surface area contributed by atoms with Gasteiger partial charge in [-0.05, 0) is 12.1 Å². The van der Waals surface area contributed by atoms with Gasteiger partial charge >= 0.3 is 5.97 Å². The molecule has 1 aromatic heterocycles. The minimum Gasteiger partial charge on any atom is -0.478 e. The van der Waals surface area contributed by atoms with Crippen molar-refractivity contribution in [1.29, 1.82) is 0 Å². The fraction of sp³-hybridized carbons (Fsp3) is 0.0588. The van der Waals surface area contributed by atoms with Crippen LogP contribution in [-0.2, 0) is 6.54 Å². The Morgan fingerprint density at radius 1 is 0.950 bits per heavy atom. The number of rotatable bonds is 3. The Hall–Kier alpha value is -2.68. The Bertz CT molecular complexity index is 766. The standard InChI is InChI=1S/C17H13NO2/c19-17(20)15-8-4-10-16-14(15)9-5-11-18(16)12-13-6-2-1-3-7-13/h1-11H,12H2/p+1. The second-order valence-corrected chi connectivity index (χ2v) is 4.67. The molecular formula is C17H14NO2+. The molecule has 0 spiro atoms. The van der Waals surface area contributed by atoms with Gasteiger partial charge in [-0.2, -0.15) is 4.57 Å². The fourth-order valence-electron chi connectivity index (χ4n) is 2.41. The van der Waals surface area contributed by atoms with Gasteiger partial charge in [0.25, 0.3) is 0 Å². The lowest BCUT2D eigenvalue weighted by Gasteiger charge is -2.04. The predicted octanol–water partition coefficient (Wildman–Crippen LogP) is 2.87. The topological polar surface area (TPSA) is 41.2 Å². The lowest BCUT2D eigenvalue weighted by molar-refractivity contribution is -0.662. The van der Waals surface area contributed by atoms with E-state index in [0.29, 0.717) is 5.56 Å². The Kier molecular flexibility index (Phi) is 3.17. The van der Waals surface area contributed by atoms with Crippen molar-refractivity contribution < 1.29 is 14.5 Å². The third kappa shape index (κ3) is 2.26. The molecule has 2 aromatic carbocycles. The maximum Gasteiger partial charge on any atom is 0.336 e. The van der Waals surface area contributed by atoms with E-state index in [1.165, 1.54) is 5.56 Å². The summed E-state index contributed by atoms with van der Waals surface area (Å²) in [6, 6.07) is 19.2. The summed E-state index contributed by atoms with van der Waals surface area (Å²) in [5.74, 6) is -0.895. The van der Waals surface area contributed by atoms with Crippen molar-refractivity contribution in [2.75, 3.05) is 0 Å². The number of carboxylic acids is 1. The molecule has 0 fully saturated rings. The quantitative estimate of drug-likeness (QED) is 0.739. The van der Waals surface area contributed by atoms with Crippen LogP contribution in [0.3, 0.4) is 0 Å². The minimum atomic E-state index is -0.895. The van der Waals surface area contributed by atoms with Gasteiger partial charge in [-0.3, -0.25) is 0 Å². The summed E-state index contributed by atoms with van der Waals surface area (Å²) in [6.45, 7) is 0.723. The van der Waals surface area contributed by atoms with Crippen LogP contribution in [-0.4, -0.2) is 11.1 Å². The van der Waals surface area contributed by atoms with E-state index in [-0.39, 0.29) is 0 Å². The Labute approximate surface area is 116 Å². The van der Waals surface area contributed by atoms with Crippen molar-refractivity contribution >= 4 is 16.9 Å². The predicted molar refractivity (Wildman–Crippen MR) is 76.6 cm³/mol. The summed E-state index contributed by atoms with van der Waals surface area (Å²) in [4.78, 5) is 11.3. The van der Waals surface area contributed by atoms with Crippen LogP contribution in [0.2, 0.25) is 0 Å². The fourth-order valence-corrected chi connectivity index (χ4v) is 2.41. The molecule has 0 radical (unpaired) electrons. The highest BCUT2D eigenvalue weighted by molar-refractivity contribution is 6.01. The van der Waals surface area contributed by atoms with E-state index >= 15 is 0 Å². The van der Waals surface area contributed by atoms with Crippen LogP contribution in [0.5, 0.6) is 0 Å². The van der Waals surface area contributed by atoms with E-state index in [4.69, 9.17) is 0 Å². The van der Waals surface area contributed by atoms with E-state index in [1.54, 1.807) is 12.1 Å². The summed E-state index contributed by atoms with van der Waals surface area (Å²) in [6.07, 6.45) is 1.97. The van der Waals surface area contributed by atoms with Gasteiger partial charge in [0.2, 0.25) is 5.52 Å². The first-order valence-electron chi connectivity index (χ1n) is 6.44. The van der Waals surface area contributed by atoms with Crippen LogP contribution in [0, 0.1) is 0 Å². The summed E-state index contributed by atoms with van der Waals surface area (Å²) < 4.78 is 2.07. The zero-order chi connectivity index (χ0) is 13.9. The molecule has 3 aromatic rings. The molecule has 0 aliphatic heterocycles. The summed E-state index contributed by atoms with van der Waals surface area (Å²) in [7, 11) is 0. The molecule has 1 heterocycles. The smallest absolute Gasteiger partial charge is 0.336 e. The highest BCUT2D eigenvalue weighted by Crippen LogP contribution is 2.15. The number of fused-ring (bicyclic) bond motifs is 1. The van der Waals surface area contributed by atoms with Crippen LogP contribution in [0.15, 0.2) is 66.9 Å². The molecule has 0 amide bonds. The lowest BCUT2D eigenvalue weighted by Crippen LogP contribution is -2.34. The largest absolute Gasteiger partial charge is 0.478 e. The Morgan fingerprint density at radius 2 is 1.75 bits per heavy atom. The molecule has 3 nitrogen and oxygen atoms in total. The minimum absolute atomic E-state index is 0.338. The lowest BCUT2D eigenvalue weighted by atomic mass is 10.1. The molecule has 1 N–H and O–H groups in total. The number of hydrogen-bond donors (Lipinski definition) is 1. The van der Waals surface area contributed by atoms with Crippen LogP contribution in [0.4, 0.5) is 0 Å². The monoisotopic (exact) mass is 264 g/mol. The number of carboxylic acid groups (broad SMARTS) is 1. The molecule has 0 saturated heterocycles. The molecule has 98 valence electrons. The molecule has 3 heteroatoms. The van der Waals surface area contributed by atoms with Gasteiger partial charge in [-0.25, -0.2) is 4.79 Å². The molecule has 0 bridgehead atoms. The number of nitrogens with zero attached hydrogens (tertiary/aromatic N) is 1. The van der Waals surface area contributed by atoms with Gasteiger partial charge in [0.05, 0.1) is 10.9 Å². The van der Waals surface area contributed by atoms with E-state index in [2.05, 4.69) is 16.7 Å². The molecule has 0 aliphatic carbocycles. The van der Waals surface area contributed by atoms with Gasteiger partial charge < -0.3 is 5.11 Å². The van der Waals surface area contributed by atoms with Crippen LogP contribution in [0.1, 0.15) is 15.9 Å². The van der Waals surface area contributed by atoms with Gasteiger partial charge in [-0.1, -0.05) is 36.4 Å². The molecule has 0 saturated carbocycles. The van der Waals surface area contributed by atoms with E-state index < -0.39 is 5.97 Å². The zero-order valence-electron chi connectivity index (χ0n) is 10.9. The first-order chi connectivity index (χ1) is 9.75. The number of pyridine rings is 1. The third-order valence-corrected chi connectivity index (χ3v) is 3.35. The summed E-state index contributed by atoms with van der Waals surface area (Å²) in [5.41, 5.74) is 2.45. The normalized spacial score (nSPS) is 10.6. The van der Waals surface area contributed by atoms with Crippen molar-refractivity contribution in [3.8, 4) is 0 Å². The van der Waals surface area contributed by atoms with Crippen LogP contribution in [0.25, 0.3) is 10.9 Å². The first kappa shape index (κ1) is 12.4. The number of aromatic carboxylic acids is 1. The van der Waals surface area contributed by atoms with Gasteiger partial charge in [0, 0.05) is 17.7 Å². The maximum absolute atomic E-state index is 11.3. The molecular weight excluding hydrogens is 250 g/mol. The SMILES string of the molecule is O=C(O)c1cccc2c1ccc[n+]2Cc1ccccc1. The second kappa shape index (κ2) is 5.13. The molecule has 0 atom stereocenters. The molecule has 0 unspecified atom stereocenters. The highest BCUT2D eigenvalue weighted by atomic mass is 16.4. The summed E-state index contributed by atoms with van der Waals surface area (Å²) >= 11 is 0. The number of benzene rings is 2. The van der Waals surface area contributed by atoms with Crippen molar-refractivity contribution in [2.24, 2.45) is 0 Å². The Balaban J connectivity index is 2.13. The molecule has 3 rings (SSSR count). The van der Waals surface area contributed by atoms with Crippen LogP contribution >= 0.6 is 0 Å². The molecule has 20 heavy (non-hydrogen) atoms. The van der Waals surface area contributed by atoms with Gasteiger partial charge in [0.1, 0.15) is 0 Å². The number of hydrogen-bond acceptors (Lipinski definition) is 1. The van der Waals surface area contributed by atoms with E-state index in [0.717, 1.165) is 17.4 Å². The third-order valence-electron chi connectivity index (χ3n) is 3.35. The van der Waals surface area contributed by atoms with E-state index in [1.807, 2.05) is 42.6 Å². The number of carbonyl (C=O) groups is 1.